The predicted octanol–water partition coefficient (Wildman–Crippen LogP) is 4.07. The molecular formula is C25H31NO5. The number of rotatable bonds is 8. The van der Waals surface area contributed by atoms with Crippen LogP contribution in [0.3, 0.4) is 0 Å². The highest BCUT2D eigenvalue weighted by atomic mass is 16.5. The number of hydrogen-bond donors (Lipinski definition) is 0. The summed E-state index contributed by atoms with van der Waals surface area (Å²) in [6.07, 6.45) is 0.897. The van der Waals surface area contributed by atoms with Crippen molar-refractivity contribution < 1.29 is 23.8 Å². The van der Waals surface area contributed by atoms with E-state index in [1.807, 2.05) is 57.2 Å². The number of carbonyl (C=O) groups is 2. The van der Waals surface area contributed by atoms with E-state index < -0.39 is 0 Å². The molecule has 0 aromatic heterocycles. The zero-order chi connectivity index (χ0) is 22.8. The molecule has 0 unspecified atom stereocenters. The molecule has 0 heterocycles. The fourth-order valence-corrected chi connectivity index (χ4v) is 3.93. The summed E-state index contributed by atoms with van der Waals surface area (Å²) < 4.78 is 16.5. The molecule has 1 aliphatic carbocycles. The van der Waals surface area contributed by atoms with Crippen molar-refractivity contribution in [1.82, 2.24) is 4.90 Å². The van der Waals surface area contributed by atoms with Crippen LogP contribution in [0.15, 0.2) is 42.5 Å². The molecule has 6 heteroatoms. The molecule has 0 N–H and O–H groups in total. The molecule has 0 aliphatic heterocycles. The molecule has 0 spiro atoms. The van der Waals surface area contributed by atoms with Gasteiger partial charge in [0, 0.05) is 37.1 Å². The molecule has 31 heavy (non-hydrogen) atoms. The lowest BCUT2D eigenvalue weighted by atomic mass is 10.1. The first-order valence-electron chi connectivity index (χ1n) is 10.4. The summed E-state index contributed by atoms with van der Waals surface area (Å²) in [5, 5.41) is 0. The van der Waals surface area contributed by atoms with Gasteiger partial charge in [-0.3, -0.25) is 4.79 Å². The van der Waals surface area contributed by atoms with Gasteiger partial charge in [-0.1, -0.05) is 12.1 Å². The SMILES string of the molecule is COc1ccc(CN(C)C(=O)[C@H]2[C@@H](C=O)[C@H]2c2ccc(OC(C)(C)C)cc2)c(OC)c1. The summed E-state index contributed by atoms with van der Waals surface area (Å²) in [5.74, 6) is 1.32. The zero-order valence-corrected chi connectivity index (χ0v) is 19.0. The molecular weight excluding hydrogens is 394 g/mol. The molecule has 1 amide bonds. The number of carbonyl (C=O) groups excluding carboxylic acids is 2. The van der Waals surface area contributed by atoms with Gasteiger partial charge in [0.2, 0.25) is 5.91 Å². The third kappa shape index (κ3) is 5.19. The molecule has 0 saturated heterocycles. The Bertz CT molecular complexity index is 932. The third-order valence-corrected chi connectivity index (χ3v) is 5.48. The van der Waals surface area contributed by atoms with E-state index in [4.69, 9.17) is 14.2 Å². The van der Waals surface area contributed by atoms with Gasteiger partial charge in [0.25, 0.3) is 0 Å². The normalized spacial score (nSPS) is 20.0. The maximum Gasteiger partial charge on any atom is 0.227 e. The molecule has 6 nitrogen and oxygen atoms in total. The number of aldehydes is 1. The minimum Gasteiger partial charge on any atom is -0.497 e. The van der Waals surface area contributed by atoms with E-state index in [2.05, 4.69) is 0 Å². The van der Waals surface area contributed by atoms with Crippen LogP contribution in [0.2, 0.25) is 0 Å². The Morgan fingerprint density at radius 2 is 1.68 bits per heavy atom. The highest BCUT2D eigenvalue weighted by Gasteiger charge is 2.56. The summed E-state index contributed by atoms with van der Waals surface area (Å²) in [7, 11) is 4.94. The van der Waals surface area contributed by atoms with Crippen LogP contribution >= 0.6 is 0 Å². The smallest absolute Gasteiger partial charge is 0.227 e. The number of amides is 1. The molecule has 0 bridgehead atoms. The Morgan fingerprint density at radius 3 is 2.23 bits per heavy atom. The van der Waals surface area contributed by atoms with E-state index in [9.17, 15) is 9.59 Å². The molecule has 166 valence electrons. The average molecular weight is 426 g/mol. The lowest BCUT2D eigenvalue weighted by molar-refractivity contribution is -0.132. The first-order chi connectivity index (χ1) is 14.7. The van der Waals surface area contributed by atoms with Gasteiger partial charge in [-0.05, 0) is 50.6 Å². The van der Waals surface area contributed by atoms with E-state index >= 15 is 0 Å². The monoisotopic (exact) mass is 425 g/mol. The van der Waals surface area contributed by atoms with Gasteiger partial charge >= 0.3 is 0 Å². The lowest BCUT2D eigenvalue weighted by Crippen LogP contribution is -2.28. The Morgan fingerprint density at radius 1 is 1.03 bits per heavy atom. The summed E-state index contributed by atoms with van der Waals surface area (Å²) >= 11 is 0. The maximum atomic E-state index is 13.1. The number of nitrogens with zero attached hydrogens (tertiary/aromatic N) is 1. The second-order valence-electron chi connectivity index (χ2n) is 8.92. The fraction of sp³-hybridized carbons (Fsp3) is 0.440. The van der Waals surface area contributed by atoms with Crippen molar-refractivity contribution in [2.75, 3.05) is 21.3 Å². The number of benzene rings is 2. The Hall–Kier alpha value is -3.02. The van der Waals surface area contributed by atoms with E-state index in [0.717, 1.165) is 23.2 Å². The molecule has 1 fully saturated rings. The Labute approximate surface area is 184 Å². The van der Waals surface area contributed by atoms with Gasteiger partial charge in [0.15, 0.2) is 0 Å². The molecule has 3 rings (SSSR count). The molecule has 0 radical (unpaired) electrons. The predicted molar refractivity (Wildman–Crippen MR) is 119 cm³/mol. The van der Waals surface area contributed by atoms with E-state index in [0.29, 0.717) is 18.0 Å². The Balaban J connectivity index is 1.70. The van der Waals surface area contributed by atoms with Crippen molar-refractivity contribution in [3.05, 3.63) is 53.6 Å². The standard InChI is InChI=1S/C25H31NO5/c1-25(2,3)31-18-10-7-16(8-11-18)22-20(15-27)23(22)24(28)26(4)14-17-9-12-19(29-5)13-21(17)30-6/h7-13,15,20,22-23H,14H2,1-6H3/t20-,22+,23-/m0/s1. The van der Waals surface area contributed by atoms with Crippen molar-refractivity contribution in [2.45, 2.75) is 38.8 Å². The molecule has 3 atom stereocenters. The minimum atomic E-state index is -0.346. The quantitative estimate of drug-likeness (QED) is 0.597. The molecule has 2 aromatic rings. The summed E-state index contributed by atoms with van der Waals surface area (Å²) in [6, 6.07) is 13.2. The van der Waals surface area contributed by atoms with Gasteiger partial charge in [-0.15, -0.1) is 0 Å². The van der Waals surface area contributed by atoms with Crippen LogP contribution in [-0.4, -0.2) is 44.0 Å². The zero-order valence-electron chi connectivity index (χ0n) is 19.0. The van der Waals surface area contributed by atoms with Crippen molar-refractivity contribution in [2.24, 2.45) is 11.8 Å². The van der Waals surface area contributed by atoms with Crippen LogP contribution in [-0.2, 0) is 16.1 Å². The van der Waals surface area contributed by atoms with Crippen LogP contribution in [0.5, 0.6) is 17.2 Å². The fourth-order valence-electron chi connectivity index (χ4n) is 3.93. The molecule has 1 aliphatic rings. The van der Waals surface area contributed by atoms with Crippen LogP contribution in [0.4, 0.5) is 0 Å². The number of ether oxygens (including phenoxy) is 3. The molecule has 2 aromatic carbocycles. The van der Waals surface area contributed by atoms with Crippen molar-refractivity contribution in [3.8, 4) is 17.2 Å². The minimum absolute atomic E-state index is 0.0463. The van der Waals surface area contributed by atoms with Crippen LogP contribution in [0.25, 0.3) is 0 Å². The second kappa shape index (κ2) is 9.00. The average Bonchev–Trinajstić information content (AvgIpc) is 3.47. The summed E-state index contributed by atoms with van der Waals surface area (Å²) in [6.45, 7) is 6.37. The van der Waals surface area contributed by atoms with Crippen molar-refractivity contribution in [3.63, 3.8) is 0 Å². The van der Waals surface area contributed by atoms with Gasteiger partial charge in [-0.2, -0.15) is 0 Å². The lowest BCUT2D eigenvalue weighted by Gasteiger charge is -2.21. The van der Waals surface area contributed by atoms with E-state index in [-0.39, 0.29) is 29.3 Å². The van der Waals surface area contributed by atoms with Crippen LogP contribution in [0.1, 0.15) is 37.8 Å². The van der Waals surface area contributed by atoms with E-state index in [1.54, 1.807) is 32.2 Å². The van der Waals surface area contributed by atoms with E-state index in [1.165, 1.54) is 0 Å². The maximum absolute atomic E-state index is 13.1. The molecule has 1 saturated carbocycles. The van der Waals surface area contributed by atoms with Crippen molar-refractivity contribution in [1.29, 1.82) is 0 Å². The summed E-state index contributed by atoms with van der Waals surface area (Å²) in [5.41, 5.74) is 1.57. The first-order valence-corrected chi connectivity index (χ1v) is 10.4. The third-order valence-electron chi connectivity index (χ3n) is 5.48. The highest BCUT2D eigenvalue weighted by Crippen LogP contribution is 2.54. The number of methoxy groups -OCH3 is 2. The first kappa shape index (κ1) is 22.7. The highest BCUT2D eigenvalue weighted by molar-refractivity contribution is 5.88. The van der Waals surface area contributed by atoms with Gasteiger partial charge < -0.3 is 23.9 Å². The van der Waals surface area contributed by atoms with Crippen LogP contribution in [0, 0.1) is 11.8 Å². The van der Waals surface area contributed by atoms with Crippen molar-refractivity contribution >= 4 is 12.2 Å². The van der Waals surface area contributed by atoms with Gasteiger partial charge in [0.1, 0.15) is 29.1 Å². The number of hydrogen-bond acceptors (Lipinski definition) is 5. The van der Waals surface area contributed by atoms with Crippen LogP contribution < -0.4 is 14.2 Å². The Kier molecular flexibility index (Phi) is 6.58. The largest absolute Gasteiger partial charge is 0.497 e. The van der Waals surface area contributed by atoms with Gasteiger partial charge in [0.05, 0.1) is 20.1 Å². The second-order valence-corrected chi connectivity index (χ2v) is 8.92. The summed E-state index contributed by atoms with van der Waals surface area (Å²) in [4.78, 5) is 26.4. The topological polar surface area (TPSA) is 65.1 Å². The van der Waals surface area contributed by atoms with Gasteiger partial charge in [-0.25, -0.2) is 0 Å².